The minimum atomic E-state index is 0.280. The molecule has 2 aromatic rings. The first-order valence-electron chi connectivity index (χ1n) is 5.78. The van der Waals surface area contributed by atoms with Gasteiger partial charge in [-0.3, -0.25) is 0 Å². The molecule has 0 atom stereocenters. The molecule has 2 rings (SSSR count). The number of benzene rings is 2. The average Bonchev–Trinajstić information content (AvgIpc) is 2.39. The summed E-state index contributed by atoms with van der Waals surface area (Å²) in [5.74, 6) is 0.280. The summed E-state index contributed by atoms with van der Waals surface area (Å²) in [6.07, 6.45) is 1.05. The normalized spacial score (nSPS) is 10.2. The topological polar surface area (TPSA) is 20.2 Å². The molecular weight excluding hydrogens is 208 g/mol. The molecule has 0 aliphatic heterocycles. The Hall–Kier alpha value is -2.02. The van der Waals surface area contributed by atoms with Gasteiger partial charge in [-0.25, -0.2) is 0 Å². The van der Waals surface area contributed by atoms with Crippen molar-refractivity contribution in [2.24, 2.45) is 0 Å². The number of hydrogen-bond acceptors (Lipinski definition) is 1. The molecule has 0 aliphatic carbocycles. The van der Waals surface area contributed by atoms with E-state index in [2.05, 4.69) is 37.8 Å². The smallest absolute Gasteiger partial charge is 0.115 e. The highest BCUT2D eigenvalue weighted by atomic mass is 16.3. The second-order valence-electron chi connectivity index (χ2n) is 4.08. The molecule has 0 saturated carbocycles. The monoisotopic (exact) mass is 224 g/mol. The third-order valence-electron chi connectivity index (χ3n) is 2.93. The lowest BCUT2D eigenvalue weighted by atomic mass is 9.98. The summed E-state index contributed by atoms with van der Waals surface area (Å²) in [7, 11) is 0. The number of rotatable bonds is 3. The Labute approximate surface area is 102 Å². The second kappa shape index (κ2) is 4.88. The molecule has 1 heteroatoms. The molecular formula is C16H16O. The molecule has 0 unspecified atom stereocenters. The van der Waals surface area contributed by atoms with Crippen LogP contribution in [-0.4, -0.2) is 5.11 Å². The standard InChI is InChI=1S/C16H16O/c1-3-13-4-6-14(7-5-13)12(2)15-8-10-16(17)11-9-15/h4-11,17H,2-3H2,1H3. The zero-order valence-corrected chi connectivity index (χ0v) is 9.98. The second-order valence-corrected chi connectivity index (χ2v) is 4.08. The minimum absolute atomic E-state index is 0.280. The molecule has 0 radical (unpaired) electrons. The van der Waals surface area contributed by atoms with E-state index >= 15 is 0 Å². The van der Waals surface area contributed by atoms with Crippen molar-refractivity contribution in [1.82, 2.24) is 0 Å². The number of aryl methyl sites for hydroxylation is 1. The SMILES string of the molecule is C=C(c1ccc(O)cc1)c1ccc(CC)cc1. The fourth-order valence-corrected chi connectivity index (χ4v) is 1.77. The van der Waals surface area contributed by atoms with Crippen LogP contribution in [0.15, 0.2) is 55.1 Å². The molecule has 2 aromatic carbocycles. The Morgan fingerprint density at radius 1 is 0.941 bits per heavy atom. The van der Waals surface area contributed by atoms with E-state index in [1.165, 1.54) is 5.56 Å². The van der Waals surface area contributed by atoms with Crippen LogP contribution in [0.4, 0.5) is 0 Å². The maximum atomic E-state index is 9.25. The summed E-state index contributed by atoms with van der Waals surface area (Å²) in [5, 5.41) is 9.25. The van der Waals surface area contributed by atoms with Crippen LogP contribution in [0.3, 0.4) is 0 Å². The fourth-order valence-electron chi connectivity index (χ4n) is 1.77. The van der Waals surface area contributed by atoms with Gasteiger partial charge >= 0.3 is 0 Å². The Balaban J connectivity index is 2.27. The molecule has 0 heterocycles. The Kier molecular flexibility index (Phi) is 3.29. The van der Waals surface area contributed by atoms with Gasteiger partial charge < -0.3 is 5.11 Å². The van der Waals surface area contributed by atoms with Gasteiger partial charge in [0.25, 0.3) is 0 Å². The van der Waals surface area contributed by atoms with Crippen LogP contribution in [0.25, 0.3) is 5.57 Å². The number of phenolic OH excluding ortho intramolecular Hbond substituents is 1. The zero-order valence-electron chi connectivity index (χ0n) is 9.98. The Morgan fingerprint density at radius 3 is 1.88 bits per heavy atom. The molecule has 86 valence electrons. The summed E-state index contributed by atoms with van der Waals surface area (Å²) in [4.78, 5) is 0. The highest BCUT2D eigenvalue weighted by molar-refractivity contribution is 5.78. The minimum Gasteiger partial charge on any atom is -0.508 e. The van der Waals surface area contributed by atoms with Crippen LogP contribution in [0, 0.1) is 0 Å². The van der Waals surface area contributed by atoms with Crippen molar-refractivity contribution in [3.05, 3.63) is 71.8 Å². The molecule has 0 saturated heterocycles. The first kappa shape index (κ1) is 11.5. The van der Waals surface area contributed by atoms with E-state index in [1.807, 2.05) is 12.1 Å². The van der Waals surface area contributed by atoms with E-state index in [-0.39, 0.29) is 5.75 Å². The molecule has 0 fully saturated rings. The zero-order chi connectivity index (χ0) is 12.3. The molecule has 0 aromatic heterocycles. The van der Waals surface area contributed by atoms with E-state index in [4.69, 9.17) is 0 Å². The van der Waals surface area contributed by atoms with Crippen molar-refractivity contribution < 1.29 is 5.11 Å². The highest BCUT2D eigenvalue weighted by Gasteiger charge is 2.02. The van der Waals surface area contributed by atoms with Crippen molar-refractivity contribution in [3.63, 3.8) is 0 Å². The quantitative estimate of drug-likeness (QED) is 0.835. The molecule has 17 heavy (non-hydrogen) atoms. The summed E-state index contributed by atoms with van der Waals surface area (Å²) < 4.78 is 0. The van der Waals surface area contributed by atoms with Gasteiger partial charge in [-0.2, -0.15) is 0 Å². The predicted octanol–water partition coefficient (Wildman–Crippen LogP) is 4.02. The van der Waals surface area contributed by atoms with Crippen LogP contribution >= 0.6 is 0 Å². The van der Waals surface area contributed by atoms with Gasteiger partial charge in [-0.1, -0.05) is 49.9 Å². The first-order valence-corrected chi connectivity index (χ1v) is 5.78. The van der Waals surface area contributed by atoms with Gasteiger partial charge in [0.05, 0.1) is 0 Å². The average molecular weight is 224 g/mol. The number of phenols is 1. The maximum absolute atomic E-state index is 9.25. The van der Waals surface area contributed by atoms with E-state index < -0.39 is 0 Å². The largest absolute Gasteiger partial charge is 0.508 e. The van der Waals surface area contributed by atoms with Crippen LogP contribution < -0.4 is 0 Å². The molecule has 0 spiro atoms. The summed E-state index contributed by atoms with van der Waals surface area (Å²) in [5.41, 5.74) is 4.46. The molecule has 1 N–H and O–H groups in total. The van der Waals surface area contributed by atoms with Crippen molar-refractivity contribution >= 4 is 5.57 Å². The Bertz CT molecular complexity index is 506. The lowest BCUT2D eigenvalue weighted by Gasteiger charge is -2.07. The van der Waals surface area contributed by atoms with E-state index in [9.17, 15) is 5.11 Å². The third kappa shape index (κ3) is 2.56. The van der Waals surface area contributed by atoms with E-state index in [1.54, 1.807) is 12.1 Å². The first-order chi connectivity index (χ1) is 8.20. The predicted molar refractivity (Wildman–Crippen MR) is 72.1 cm³/mol. The van der Waals surface area contributed by atoms with Gasteiger partial charge in [0.15, 0.2) is 0 Å². The summed E-state index contributed by atoms with van der Waals surface area (Å²) >= 11 is 0. The van der Waals surface area contributed by atoms with E-state index in [0.717, 1.165) is 23.1 Å². The van der Waals surface area contributed by atoms with Crippen LogP contribution in [-0.2, 0) is 6.42 Å². The lowest BCUT2D eigenvalue weighted by Crippen LogP contribution is -1.87. The van der Waals surface area contributed by atoms with Gasteiger partial charge in [-0.05, 0) is 40.8 Å². The summed E-state index contributed by atoms with van der Waals surface area (Å²) in [6.45, 7) is 6.24. The molecule has 0 aliphatic rings. The van der Waals surface area contributed by atoms with Gasteiger partial charge in [0.1, 0.15) is 5.75 Å². The van der Waals surface area contributed by atoms with Crippen LogP contribution in [0.5, 0.6) is 5.75 Å². The fraction of sp³-hybridized carbons (Fsp3) is 0.125. The van der Waals surface area contributed by atoms with Gasteiger partial charge in [0, 0.05) is 0 Å². The molecule has 1 nitrogen and oxygen atoms in total. The molecule has 0 amide bonds. The van der Waals surface area contributed by atoms with E-state index in [0.29, 0.717) is 0 Å². The number of aromatic hydroxyl groups is 1. The van der Waals surface area contributed by atoms with Gasteiger partial charge in [0.2, 0.25) is 0 Å². The Morgan fingerprint density at radius 2 is 1.41 bits per heavy atom. The molecule has 0 bridgehead atoms. The van der Waals surface area contributed by atoms with Crippen molar-refractivity contribution in [3.8, 4) is 5.75 Å². The lowest BCUT2D eigenvalue weighted by molar-refractivity contribution is 0.475. The third-order valence-corrected chi connectivity index (χ3v) is 2.93. The van der Waals surface area contributed by atoms with Gasteiger partial charge in [-0.15, -0.1) is 0 Å². The van der Waals surface area contributed by atoms with Crippen molar-refractivity contribution in [1.29, 1.82) is 0 Å². The van der Waals surface area contributed by atoms with Crippen LogP contribution in [0.1, 0.15) is 23.6 Å². The maximum Gasteiger partial charge on any atom is 0.115 e. The highest BCUT2D eigenvalue weighted by Crippen LogP contribution is 2.23. The summed E-state index contributed by atoms with van der Waals surface area (Å²) in [6, 6.07) is 15.6. The number of hydrogen-bond donors (Lipinski definition) is 1. The van der Waals surface area contributed by atoms with Crippen molar-refractivity contribution in [2.45, 2.75) is 13.3 Å². The van der Waals surface area contributed by atoms with Crippen LogP contribution in [0.2, 0.25) is 0 Å². The van der Waals surface area contributed by atoms with Crippen molar-refractivity contribution in [2.75, 3.05) is 0 Å².